The lowest BCUT2D eigenvalue weighted by atomic mass is 9.70. The molecule has 0 amide bonds. The summed E-state index contributed by atoms with van der Waals surface area (Å²) < 4.78 is 10.7. The third kappa shape index (κ3) is 3.87. The molecule has 1 rings (SSSR count). The topological polar surface area (TPSA) is 105 Å². The van der Waals surface area contributed by atoms with Crippen LogP contribution in [0.4, 0.5) is 0 Å². The van der Waals surface area contributed by atoms with Gasteiger partial charge >= 0.3 is 11.9 Å². The molecule has 0 saturated carbocycles. The first-order chi connectivity index (χ1) is 9.71. The first-order valence-electron chi connectivity index (χ1n) is 7.41. The van der Waals surface area contributed by atoms with Gasteiger partial charge < -0.3 is 20.9 Å². The number of carbonyl (C=O) groups is 2. The average Bonchev–Trinajstić information content (AvgIpc) is 2.28. The first-order valence-corrected chi connectivity index (χ1v) is 7.41. The van der Waals surface area contributed by atoms with Crippen molar-refractivity contribution in [3.8, 4) is 0 Å². The lowest BCUT2D eigenvalue weighted by molar-refractivity contribution is -0.177. The van der Waals surface area contributed by atoms with E-state index in [1.165, 1.54) is 0 Å². The Morgan fingerprint density at radius 2 is 1.09 bits per heavy atom. The highest BCUT2D eigenvalue weighted by molar-refractivity contribution is 5.95. The van der Waals surface area contributed by atoms with E-state index in [0.29, 0.717) is 0 Å². The van der Waals surface area contributed by atoms with Crippen LogP contribution in [0.3, 0.4) is 0 Å². The van der Waals surface area contributed by atoms with Crippen LogP contribution < -0.4 is 11.5 Å². The number of nitrogens with two attached hydrogens (primary N) is 2. The summed E-state index contributed by atoms with van der Waals surface area (Å²) in [6, 6.07) is 0. The molecule has 22 heavy (non-hydrogen) atoms. The summed E-state index contributed by atoms with van der Waals surface area (Å²) in [7, 11) is 0. The Bertz CT molecular complexity index is 443. The molecule has 0 spiro atoms. The minimum absolute atomic E-state index is 0.123. The van der Waals surface area contributed by atoms with Gasteiger partial charge in [0.2, 0.25) is 0 Å². The predicted molar refractivity (Wildman–Crippen MR) is 83.9 cm³/mol. The number of carbonyl (C=O) groups excluding carboxylic acids is 2. The van der Waals surface area contributed by atoms with Gasteiger partial charge in [-0.25, -0.2) is 9.59 Å². The fraction of sp³-hybridized carbons (Fsp3) is 0.750. The van der Waals surface area contributed by atoms with Crippen molar-refractivity contribution in [3.63, 3.8) is 0 Å². The van der Waals surface area contributed by atoms with Crippen molar-refractivity contribution < 1.29 is 19.1 Å². The third-order valence-electron chi connectivity index (χ3n) is 3.37. The van der Waals surface area contributed by atoms with E-state index < -0.39 is 34.2 Å². The van der Waals surface area contributed by atoms with E-state index in [0.717, 1.165) is 0 Å². The number of rotatable bonds is 2. The predicted octanol–water partition coefficient (Wildman–Crippen LogP) is 1.41. The van der Waals surface area contributed by atoms with Crippen LogP contribution in [0.15, 0.2) is 12.2 Å². The second-order valence-electron chi connectivity index (χ2n) is 7.83. The van der Waals surface area contributed by atoms with Crippen LogP contribution in [-0.2, 0) is 19.1 Å². The molecular weight excluding hydrogens is 284 g/mol. The second kappa shape index (κ2) is 5.66. The molecule has 0 heterocycles. The maximum atomic E-state index is 12.6. The van der Waals surface area contributed by atoms with Crippen molar-refractivity contribution in [2.75, 3.05) is 0 Å². The van der Waals surface area contributed by atoms with E-state index in [-0.39, 0.29) is 12.8 Å². The maximum Gasteiger partial charge on any atom is 0.329 e. The van der Waals surface area contributed by atoms with Gasteiger partial charge in [-0.1, -0.05) is 12.2 Å². The summed E-state index contributed by atoms with van der Waals surface area (Å²) in [5.74, 6) is -1.39. The van der Waals surface area contributed by atoms with Gasteiger partial charge in [-0.3, -0.25) is 0 Å². The van der Waals surface area contributed by atoms with Gasteiger partial charge in [0.05, 0.1) is 0 Å². The lowest BCUT2D eigenvalue weighted by Crippen LogP contribution is -2.75. The van der Waals surface area contributed by atoms with Gasteiger partial charge in [0.15, 0.2) is 0 Å². The monoisotopic (exact) mass is 312 g/mol. The van der Waals surface area contributed by atoms with Gasteiger partial charge in [0, 0.05) is 0 Å². The quantitative estimate of drug-likeness (QED) is 0.590. The van der Waals surface area contributed by atoms with Crippen LogP contribution >= 0.6 is 0 Å². The minimum atomic E-state index is -1.66. The summed E-state index contributed by atoms with van der Waals surface area (Å²) >= 11 is 0. The minimum Gasteiger partial charge on any atom is -0.459 e. The van der Waals surface area contributed by atoms with Crippen LogP contribution in [0, 0.1) is 0 Å². The molecule has 0 aliphatic heterocycles. The van der Waals surface area contributed by atoms with E-state index in [4.69, 9.17) is 20.9 Å². The summed E-state index contributed by atoms with van der Waals surface area (Å²) in [5.41, 5.74) is 7.76. The summed E-state index contributed by atoms with van der Waals surface area (Å²) in [6.07, 6.45) is 3.72. The van der Waals surface area contributed by atoms with Gasteiger partial charge in [0.1, 0.15) is 22.3 Å². The zero-order valence-electron chi connectivity index (χ0n) is 14.4. The standard InChI is InChI=1S/C16H28N2O4/c1-13(2,3)21-11(19)15(17)9-7-8-10-16(15,18)12(20)22-14(4,5)6/h7-8H,9-10,17-18H2,1-6H3. The number of ether oxygens (including phenoxy) is 2. The molecule has 2 atom stereocenters. The van der Waals surface area contributed by atoms with Gasteiger partial charge in [-0.15, -0.1) is 0 Å². The Labute approximate surface area is 132 Å². The largest absolute Gasteiger partial charge is 0.459 e. The average molecular weight is 312 g/mol. The van der Waals surface area contributed by atoms with Crippen LogP contribution in [0.1, 0.15) is 54.4 Å². The van der Waals surface area contributed by atoms with E-state index >= 15 is 0 Å². The van der Waals surface area contributed by atoms with E-state index in [1.807, 2.05) is 0 Å². The van der Waals surface area contributed by atoms with Crippen molar-refractivity contribution in [2.45, 2.75) is 76.7 Å². The number of hydrogen-bond donors (Lipinski definition) is 2. The molecule has 1 aliphatic rings. The van der Waals surface area contributed by atoms with Crippen molar-refractivity contribution in [2.24, 2.45) is 11.5 Å². The Balaban J connectivity index is 3.17. The Hall–Kier alpha value is -1.40. The highest BCUT2D eigenvalue weighted by Crippen LogP contribution is 2.34. The maximum absolute atomic E-state index is 12.6. The van der Waals surface area contributed by atoms with Crippen molar-refractivity contribution in [3.05, 3.63) is 12.2 Å². The van der Waals surface area contributed by atoms with Crippen LogP contribution in [-0.4, -0.2) is 34.2 Å². The molecular formula is C16H28N2O4. The zero-order chi connectivity index (χ0) is 17.4. The molecule has 4 N–H and O–H groups in total. The molecule has 0 fully saturated rings. The van der Waals surface area contributed by atoms with Crippen LogP contribution in [0.25, 0.3) is 0 Å². The third-order valence-corrected chi connectivity index (χ3v) is 3.37. The van der Waals surface area contributed by atoms with E-state index in [1.54, 1.807) is 53.7 Å². The molecule has 0 aromatic carbocycles. The molecule has 0 aromatic rings. The van der Waals surface area contributed by atoms with Gasteiger partial charge in [0.25, 0.3) is 0 Å². The lowest BCUT2D eigenvalue weighted by Gasteiger charge is -2.44. The molecule has 6 heteroatoms. The smallest absolute Gasteiger partial charge is 0.329 e. The first kappa shape index (κ1) is 18.6. The van der Waals surface area contributed by atoms with Crippen molar-refractivity contribution in [1.29, 1.82) is 0 Å². The molecule has 6 nitrogen and oxygen atoms in total. The highest BCUT2D eigenvalue weighted by atomic mass is 16.6. The van der Waals surface area contributed by atoms with Crippen molar-refractivity contribution in [1.82, 2.24) is 0 Å². The fourth-order valence-electron chi connectivity index (χ4n) is 2.17. The number of esters is 2. The SMILES string of the molecule is CC(C)(C)OC(=O)C1(N)CC=CCC1(N)C(=O)OC(C)(C)C. The van der Waals surface area contributed by atoms with E-state index in [2.05, 4.69) is 0 Å². The molecule has 0 bridgehead atoms. The zero-order valence-corrected chi connectivity index (χ0v) is 14.4. The Morgan fingerprint density at radius 1 is 0.818 bits per heavy atom. The fourth-order valence-corrected chi connectivity index (χ4v) is 2.17. The molecule has 1 aliphatic carbocycles. The summed E-state index contributed by atoms with van der Waals surface area (Å²) in [6.45, 7) is 10.4. The normalized spacial score (nSPS) is 29.1. The molecule has 0 radical (unpaired) electrons. The molecule has 2 unspecified atom stereocenters. The highest BCUT2D eigenvalue weighted by Gasteiger charge is 2.59. The van der Waals surface area contributed by atoms with E-state index in [9.17, 15) is 9.59 Å². The van der Waals surface area contributed by atoms with Gasteiger partial charge in [-0.2, -0.15) is 0 Å². The molecule has 0 aromatic heterocycles. The van der Waals surface area contributed by atoms with Crippen LogP contribution in [0.2, 0.25) is 0 Å². The van der Waals surface area contributed by atoms with Crippen molar-refractivity contribution >= 4 is 11.9 Å². The van der Waals surface area contributed by atoms with Gasteiger partial charge in [-0.05, 0) is 54.4 Å². The molecule has 0 saturated heterocycles. The summed E-state index contributed by atoms with van der Waals surface area (Å²) in [4.78, 5) is 25.1. The Kier molecular flexibility index (Phi) is 4.80. The van der Waals surface area contributed by atoms with Crippen LogP contribution in [0.5, 0.6) is 0 Å². The Morgan fingerprint density at radius 3 is 1.32 bits per heavy atom. The molecule has 126 valence electrons. The second-order valence-corrected chi connectivity index (χ2v) is 7.83. The summed E-state index contributed by atoms with van der Waals surface area (Å²) in [5, 5.41) is 0. The number of hydrogen-bond acceptors (Lipinski definition) is 6.